The van der Waals surface area contributed by atoms with E-state index in [9.17, 15) is 28.8 Å². The summed E-state index contributed by atoms with van der Waals surface area (Å²) in [6.45, 7) is -0.835. The molecule has 1 saturated heterocycles. The topological polar surface area (TPSA) is 259 Å². The predicted molar refractivity (Wildman–Crippen MR) is 111 cm³/mol. The van der Waals surface area contributed by atoms with Crippen molar-refractivity contribution in [3.05, 3.63) is 6.33 Å². The number of nitrogen functional groups attached to an aromatic ring is 1. The lowest BCUT2D eigenvalue weighted by molar-refractivity contribution is -0.0479. The van der Waals surface area contributed by atoms with Gasteiger partial charge >= 0.3 is 15.6 Å². The van der Waals surface area contributed by atoms with Crippen LogP contribution in [0.5, 0.6) is 0 Å². The standard InChI is InChI=1S/C11H17BN5O12P3S/c1-33-11-15-8(13)5-9(16-11)17(3-14-5)10-7(19)6(18)4(27-10)2-26-30(12,20)28-32(24,25)29-31(21,22)23/h3-4,6-7,10,18-19H,2H2,1H3,(H,24,25)(H2,13,15,16)(H2,21,22,23)/q-1/t4-,6-,7-,10-,30-/m1/s1. The molecule has 17 nitrogen and oxygen atoms in total. The molecule has 7 N–H and O–H groups in total. The molecule has 2 aromatic rings. The smallest absolute Gasteiger partial charge is 0.443 e. The van der Waals surface area contributed by atoms with Crippen LogP contribution in [-0.4, -0.2) is 83.2 Å². The minimum Gasteiger partial charge on any atom is -0.443 e. The van der Waals surface area contributed by atoms with Gasteiger partial charge in [-0.25, -0.2) is 28.4 Å². The van der Waals surface area contributed by atoms with Crippen molar-refractivity contribution in [3.63, 3.8) is 0 Å². The van der Waals surface area contributed by atoms with E-state index < -0.39 is 54.3 Å². The third kappa shape index (κ3) is 6.41. The van der Waals surface area contributed by atoms with Gasteiger partial charge in [0.1, 0.15) is 23.8 Å². The van der Waals surface area contributed by atoms with Gasteiger partial charge in [0, 0.05) is 0 Å². The number of rotatable bonds is 9. The van der Waals surface area contributed by atoms with Gasteiger partial charge in [0.25, 0.3) is 0 Å². The average Bonchev–Trinajstić information content (AvgIpc) is 3.19. The molecule has 3 heterocycles. The number of imidazole rings is 1. The first-order valence-electron chi connectivity index (χ1n) is 8.52. The van der Waals surface area contributed by atoms with Gasteiger partial charge in [0.15, 0.2) is 22.8 Å². The molecule has 3 radical (unpaired) electrons. The van der Waals surface area contributed by atoms with Gasteiger partial charge < -0.3 is 52.0 Å². The predicted octanol–water partition coefficient (Wildman–Crippen LogP) is -0.731. The minimum atomic E-state index is -5.59. The molecule has 6 atom stereocenters. The molecule has 22 heteroatoms. The maximum Gasteiger partial charge on any atom is 0.485 e. The Morgan fingerprint density at radius 3 is 2.48 bits per heavy atom. The quantitative estimate of drug-likeness (QED) is 0.0978. The van der Waals surface area contributed by atoms with Crippen LogP contribution in [0.3, 0.4) is 0 Å². The summed E-state index contributed by atoms with van der Waals surface area (Å²) in [5.41, 5.74) is 6.24. The van der Waals surface area contributed by atoms with Crippen LogP contribution >= 0.6 is 34.9 Å². The van der Waals surface area contributed by atoms with Crippen molar-refractivity contribution >= 4 is 59.4 Å². The van der Waals surface area contributed by atoms with Crippen LogP contribution in [-0.2, 0) is 31.6 Å². The van der Waals surface area contributed by atoms with Crippen molar-refractivity contribution in [3.8, 4) is 0 Å². The molecule has 1 aliphatic heterocycles. The molecule has 2 aromatic heterocycles. The van der Waals surface area contributed by atoms with E-state index >= 15 is 0 Å². The Balaban J connectivity index is 1.73. The number of nitrogens with two attached hydrogens (primary N) is 1. The maximum atomic E-state index is 12.1. The van der Waals surface area contributed by atoms with Gasteiger partial charge in [-0.05, 0) is 6.26 Å². The fraction of sp³-hybridized carbons (Fsp3) is 0.545. The van der Waals surface area contributed by atoms with Crippen LogP contribution < -0.4 is 5.73 Å². The monoisotopic (exact) mass is 547 g/mol. The Morgan fingerprint density at radius 2 is 1.88 bits per heavy atom. The Kier molecular flexibility index (Phi) is 7.79. The third-order valence-corrected chi connectivity index (χ3v) is 8.54. The summed E-state index contributed by atoms with van der Waals surface area (Å²) < 4.78 is 53.2. The molecule has 0 spiro atoms. The Morgan fingerprint density at radius 1 is 1.21 bits per heavy atom. The molecule has 1 aliphatic rings. The van der Waals surface area contributed by atoms with E-state index in [-0.39, 0.29) is 17.0 Å². The van der Waals surface area contributed by atoms with Gasteiger partial charge in [0.05, 0.1) is 20.4 Å². The van der Waals surface area contributed by atoms with E-state index in [4.69, 9.17) is 27.8 Å². The van der Waals surface area contributed by atoms with Gasteiger partial charge in [-0.1, -0.05) is 11.8 Å². The van der Waals surface area contributed by atoms with E-state index in [1.165, 1.54) is 22.7 Å². The van der Waals surface area contributed by atoms with Gasteiger partial charge in [-0.3, -0.25) is 4.57 Å². The largest absolute Gasteiger partial charge is 0.485 e. The fourth-order valence-electron chi connectivity index (χ4n) is 2.79. The highest BCUT2D eigenvalue weighted by Crippen LogP contribution is 2.66. The van der Waals surface area contributed by atoms with Crippen molar-refractivity contribution in [2.24, 2.45) is 0 Å². The van der Waals surface area contributed by atoms with Crippen molar-refractivity contribution < 1.29 is 56.5 Å². The number of fused-ring (bicyclic) bond motifs is 1. The van der Waals surface area contributed by atoms with E-state index in [0.717, 1.165) is 0 Å². The second-order valence-electron chi connectivity index (χ2n) is 6.42. The molecule has 0 aliphatic carbocycles. The summed E-state index contributed by atoms with van der Waals surface area (Å²) in [5, 5.41) is 21.0. The molecule has 1 unspecified atom stereocenters. The van der Waals surface area contributed by atoms with Crippen molar-refractivity contribution in [2.45, 2.75) is 29.7 Å². The summed E-state index contributed by atoms with van der Waals surface area (Å²) in [4.78, 5) is 38.7. The van der Waals surface area contributed by atoms with E-state index in [1.807, 2.05) is 0 Å². The summed E-state index contributed by atoms with van der Waals surface area (Å²) >= 11 is 1.20. The van der Waals surface area contributed by atoms with Crippen LogP contribution in [0.25, 0.3) is 11.2 Å². The van der Waals surface area contributed by atoms with Crippen molar-refractivity contribution in [1.29, 1.82) is 0 Å². The van der Waals surface area contributed by atoms with E-state index in [2.05, 4.69) is 28.1 Å². The lowest BCUT2D eigenvalue weighted by Crippen LogP contribution is -2.33. The van der Waals surface area contributed by atoms with Crippen LogP contribution in [0.1, 0.15) is 6.23 Å². The summed E-state index contributed by atoms with van der Waals surface area (Å²) in [6, 6.07) is 0. The molecule has 1 fully saturated rings. The van der Waals surface area contributed by atoms with Gasteiger partial charge in [-0.15, -0.1) is 0 Å². The molecule has 3 rings (SSSR count). The van der Waals surface area contributed by atoms with Crippen molar-refractivity contribution in [1.82, 2.24) is 19.5 Å². The van der Waals surface area contributed by atoms with Gasteiger partial charge in [-0.2, -0.15) is 4.31 Å². The third-order valence-electron chi connectivity index (χ3n) is 4.07. The molecular weight excluding hydrogens is 530 g/mol. The second-order valence-corrected chi connectivity index (χ2v) is 11.8. The number of hydrogen-bond acceptors (Lipinski definition) is 14. The Hall–Kier alpha value is -0.905. The summed E-state index contributed by atoms with van der Waals surface area (Å²) in [5.74, 6) is 0.0724. The number of thioether (sulfide) groups is 1. The average molecular weight is 547 g/mol. The summed E-state index contributed by atoms with van der Waals surface area (Å²) in [6.07, 6.45) is -2.89. The van der Waals surface area contributed by atoms with Crippen LogP contribution in [0.2, 0.25) is 0 Å². The van der Waals surface area contributed by atoms with E-state index in [1.54, 1.807) is 6.26 Å². The number of aromatic nitrogens is 4. The zero-order valence-electron chi connectivity index (χ0n) is 16.4. The molecule has 0 aromatic carbocycles. The first-order valence-corrected chi connectivity index (χ1v) is 14.4. The Bertz CT molecular complexity index is 1180. The number of aliphatic hydroxyl groups is 2. The van der Waals surface area contributed by atoms with Crippen LogP contribution in [0.4, 0.5) is 5.82 Å². The fourth-order valence-corrected chi connectivity index (χ4v) is 6.31. The van der Waals surface area contributed by atoms with Crippen LogP contribution in [0, 0.1) is 0 Å². The highest BCUT2D eigenvalue weighted by Gasteiger charge is 2.45. The SMILES string of the molecule is [B-][P@@](=O)(OC[C@H]1O[C@@H](n2cnc3c(N)nc(SC)nc32)[C@H](O)[C@@H]1O)OP(=O)(O)OP(=O)(O)O. The van der Waals surface area contributed by atoms with Crippen LogP contribution in [0.15, 0.2) is 11.5 Å². The lowest BCUT2D eigenvalue weighted by atomic mass is 10.1. The zero-order chi connectivity index (χ0) is 24.8. The highest BCUT2D eigenvalue weighted by atomic mass is 32.2. The lowest BCUT2D eigenvalue weighted by Gasteiger charge is -2.29. The first-order chi connectivity index (χ1) is 15.1. The zero-order valence-corrected chi connectivity index (χ0v) is 19.9. The molecule has 33 heavy (non-hydrogen) atoms. The second kappa shape index (κ2) is 9.62. The first kappa shape index (κ1) is 26.7. The summed E-state index contributed by atoms with van der Waals surface area (Å²) in [7, 11) is -10.9. The van der Waals surface area contributed by atoms with Gasteiger partial charge in [0.2, 0.25) is 0 Å². The minimum absolute atomic E-state index is 0.0724. The number of ether oxygens (including phenoxy) is 1. The van der Waals surface area contributed by atoms with E-state index in [0.29, 0.717) is 5.16 Å². The number of anilines is 1. The number of aliphatic hydroxyl groups excluding tert-OH is 2. The van der Waals surface area contributed by atoms with Crippen molar-refractivity contribution in [2.75, 3.05) is 18.6 Å². The molecule has 0 bridgehead atoms. The molecule has 183 valence electrons. The molecular formula is C11H17BN5O12P3S-. The highest BCUT2D eigenvalue weighted by molar-refractivity contribution is 7.98. The maximum absolute atomic E-state index is 12.1. The molecule has 0 saturated carbocycles. The normalized spacial score (nSPS) is 27.5. The Labute approximate surface area is 190 Å². The number of hydrogen-bond donors (Lipinski definition) is 6. The number of nitrogens with zero attached hydrogens (tertiary/aromatic N) is 4. The molecule has 0 amide bonds. The number of phosphoric acid groups is 2.